The molecule has 0 saturated heterocycles. The van der Waals surface area contributed by atoms with Gasteiger partial charge in [-0.1, -0.05) is 96.9 Å². The summed E-state index contributed by atoms with van der Waals surface area (Å²) < 4.78 is 0. The molecular formula is C27H24. The largest absolute Gasteiger partial charge is 0.115 e. The number of hydrogen-bond acceptors (Lipinski definition) is 0. The van der Waals surface area contributed by atoms with Crippen molar-refractivity contribution in [2.45, 2.75) is 20.3 Å². The fourth-order valence-electron chi connectivity index (χ4n) is 2.52. The van der Waals surface area contributed by atoms with E-state index in [1.54, 1.807) is 0 Å². The third kappa shape index (κ3) is 6.74. The van der Waals surface area contributed by atoms with E-state index in [0.29, 0.717) is 0 Å². The van der Waals surface area contributed by atoms with Gasteiger partial charge >= 0.3 is 0 Å². The molecule has 2 aliphatic carbocycles. The van der Waals surface area contributed by atoms with Crippen LogP contribution in [0.15, 0.2) is 119 Å². The lowest BCUT2D eigenvalue weighted by Gasteiger charge is -2.08. The van der Waals surface area contributed by atoms with Crippen LogP contribution in [0.1, 0.15) is 20.3 Å². The lowest BCUT2D eigenvalue weighted by Crippen LogP contribution is -1.89. The maximum Gasteiger partial charge on any atom is -0.00135 e. The summed E-state index contributed by atoms with van der Waals surface area (Å²) in [6, 6.07) is 0. The second-order valence-corrected chi connectivity index (χ2v) is 6.33. The number of allylic oxidation sites excluding steroid dienone is 20. The van der Waals surface area contributed by atoms with Gasteiger partial charge in [-0.3, -0.25) is 0 Å². The molecule has 0 aromatic rings. The molecular weight excluding hydrogens is 324 g/mol. The maximum absolute atomic E-state index is 5.42. The fourth-order valence-corrected chi connectivity index (χ4v) is 2.52. The highest BCUT2D eigenvalue weighted by atomic mass is 14.1. The summed E-state index contributed by atoms with van der Waals surface area (Å²) >= 11 is 0. The Bertz CT molecular complexity index is 880. The highest BCUT2D eigenvalue weighted by Crippen LogP contribution is 2.23. The number of hydrogen-bond donors (Lipinski definition) is 0. The summed E-state index contributed by atoms with van der Waals surface area (Å²) in [6.07, 6.45) is 40.9. The summed E-state index contributed by atoms with van der Waals surface area (Å²) in [5.74, 6) is 5.26. The molecule has 2 bridgehead atoms. The van der Waals surface area contributed by atoms with Crippen molar-refractivity contribution in [2.75, 3.05) is 0 Å². The van der Waals surface area contributed by atoms with Gasteiger partial charge in [-0.15, -0.1) is 12.8 Å². The third-order valence-electron chi connectivity index (χ3n) is 4.13. The first kappa shape index (κ1) is 19.8. The SMILES string of the molecule is C#C/C(C)=C/C=C/C(/C=C/C=C(\C)C#C)=C1/C=C\C2=CC=CC=C(/C=C\1)C2. The van der Waals surface area contributed by atoms with Crippen LogP contribution in [0.4, 0.5) is 0 Å². The Morgan fingerprint density at radius 2 is 1.30 bits per heavy atom. The molecule has 0 amide bonds. The molecule has 132 valence electrons. The van der Waals surface area contributed by atoms with Gasteiger partial charge in [-0.25, -0.2) is 0 Å². The van der Waals surface area contributed by atoms with Gasteiger partial charge in [0.05, 0.1) is 0 Å². The zero-order chi connectivity index (χ0) is 19.5. The van der Waals surface area contributed by atoms with E-state index >= 15 is 0 Å². The third-order valence-corrected chi connectivity index (χ3v) is 4.13. The van der Waals surface area contributed by atoms with Crippen LogP contribution in [0.25, 0.3) is 0 Å². The lowest BCUT2D eigenvalue weighted by atomic mass is 9.97. The van der Waals surface area contributed by atoms with Gasteiger partial charge in [-0.2, -0.15) is 0 Å². The first-order chi connectivity index (χ1) is 13.1. The van der Waals surface area contributed by atoms with E-state index in [0.717, 1.165) is 28.7 Å². The second-order valence-electron chi connectivity index (χ2n) is 6.33. The van der Waals surface area contributed by atoms with Crippen LogP contribution < -0.4 is 0 Å². The monoisotopic (exact) mass is 348 g/mol. The van der Waals surface area contributed by atoms with Gasteiger partial charge in [0.1, 0.15) is 0 Å². The summed E-state index contributed by atoms with van der Waals surface area (Å²) in [7, 11) is 0. The van der Waals surface area contributed by atoms with Crippen LogP contribution in [-0.4, -0.2) is 0 Å². The molecule has 0 saturated carbocycles. The quantitative estimate of drug-likeness (QED) is 0.402. The van der Waals surface area contributed by atoms with E-state index in [2.05, 4.69) is 72.6 Å². The van der Waals surface area contributed by atoms with E-state index in [-0.39, 0.29) is 0 Å². The van der Waals surface area contributed by atoms with Gasteiger partial charge in [0.15, 0.2) is 0 Å². The van der Waals surface area contributed by atoms with E-state index in [1.165, 1.54) is 11.1 Å². The topological polar surface area (TPSA) is 0 Å². The Labute approximate surface area is 163 Å². The van der Waals surface area contributed by atoms with Crippen LogP contribution in [0.3, 0.4) is 0 Å². The molecule has 0 aliphatic heterocycles. The molecule has 27 heavy (non-hydrogen) atoms. The molecule has 0 unspecified atom stereocenters. The molecule has 0 radical (unpaired) electrons. The normalized spacial score (nSPS) is 19.5. The van der Waals surface area contributed by atoms with Gasteiger partial charge in [0.25, 0.3) is 0 Å². The van der Waals surface area contributed by atoms with Crippen LogP contribution in [0.5, 0.6) is 0 Å². The average molecular weight is 348 g/mol. The molecule has 0 atom stereocenters. The molecule has 2 rings (SSSR count). The molecule has 0 heterocycles. The van der Waals surface area contributed by atoms with E-state index < -0.39 is 0 Å². The van der Waals surface area contributed by atoms with E-state index in [4.69, 9.17) is 12.8 Å². The van der Waals surface area contributed by atoms with Crippen molar-refractivity contribution < 1.29 is 0 Å². The number of fused-ring (bicyclic) bond motifs is 2. The van der Waals surface area contributed by atoms with Crippen molar-refractivity contribution in [3.63, 3.8) is 0 Å². The number of terminal acetylenes is 2. The summed E-state index contributed by atoms with van der Waals surface area (Å²) in [5, 5.41) is 0. The zero-order valence-electron chi connectivity index (χ0n) is 15.9. The summed E-state index contributed by atoms with van der Waals surface area (Å²) in [5.41, 5.74) is 6.56. The average Bonchev–Trinajstić information content (AvgIpc) is 2.92. The minimum atomic E-state index is 0.888. The molecule has 0 aromatic carbocycles. The number of rotatable bonds is 4. The van der Waals surface area contributed by atoms with E-state index in [1.807, 2.05) is 38.2 Å². The van der Waals surface area contributed by atoms with Crippen molar-refractivity contribution in [1.82, 2.24) is 0 Å². The maximum atomic E-state index is 5.42. The molecule has 0 nitrogen and oxygen atoms in total. The summed E-state index contributed by atoms with van der Waals surface area (Å²) in [6.45, 7) is 3.83. The van der Waals surface area contributed by atoms with Crippen LogP contribution in [0.2, 0.25) is 0 Å². The van der Waals surface area contributed by atoms with Gasteiger partial charge in [-0.05, 0) is 53.7 Å². The first-order valence-electron chi connectivity index (χ1n) is 8.92. The Kier molecular flexibility index (Phi) is 7.71. The van der Waals surface area contributed by atoms with Crippen molar-refractivity contribution in [1.29, 1.82) is 0 Å². The predicted molar refractivity (Wildman–Crippen MR) is 119 cm³/mol. The van der Waals surface area contributed by atoms with Crippen LogP contribution >= 0.6 is 0 Å². The second kappa shape index (κ2) is 10.5. The molecule has 0 fully saturated rings. The lowest BCUT2D eigenvalue weighted by molar-refractivity contribution is 1.20. The van der Waals surface area contributed by atoms with E-state index in [9.17, 15) is 0 Å². The minimum Gasteiger partial charge on any atom is -0.115 e. The predicted octanol–water partition coefficient (Wildman–Crippen LogP) is 6.49. The highest BCUT2D eigenvalue weighted by Gasteiger charge is 2.04. The molecule has 0 spiro atoms. The summed E-state index contributed by atoms with van der Waals surface area (Å²) in [4.78, 5) is 0. The smallest absolute Gasteiger partial charge is 0.00135 e. The molecule has 2 aliphatic rings. The van der Waals surface area contributed by atoms with Gasteiger partial charge in [0, 0.05) is 0 Å². The van der Waals surface area contributed by atoms with Crippen molar-refractivity contribution in [2.24, 2.45) is 0 Å². The Morgan fingerprint density at radius 1 is 0.815 bits per heavy atom. The van der Waals surface area contributed by atoms with Crippen molar-refractivity contribution >= 4 is 0 Å². The highest BCUT2D eigenvalue weighted by molar-refractivity contribution is 5.53. The zero-order valence-corrected chi connectivity index (χ0v) is 15.9. The van der Waals surface area contributed by atoms with Crippen molar-refractivity contribution in [3.8, 4) is 24.7 Å². The van der Waals surface area contributed by atoms with Crippen LogP contribution in [0, 0.1) is 24.7 Å². The first-order valence-corrected chi connectivity index (χ1v) is 8.92. The molecule has 0 aromatic heterocycles. The standard InChI is InChI=1S/C27H24/c1-5-22(3)11-9-15-26(16-10-12-23(4)6-2)27-19-17-24-13-7-8-14-25(21-24)18-20-27/h1-2,7-20H,21H2,3-4H3/b15-9+,16-10+,19-17-,20-18-,22-11+,23-12+. The van der Waals surface area contributed by atoms with Crippen molar-refractivity contribution in [3.05, 3.63) is 119 Å². The van der Waals surface area contributed by atoms with Gasteiger partial charge < -0.3 is 0 Å². The Morgan fingerprint density at radius 3 is 1.74 bits per heavy atom. The molecule has 0 N–H and O–H groups in total. The van der Waals surface area contributed by atoms with Crippen LogP contribution in [-0.2, 0) is 0 Å². The fraction of sp³-hybridized carbons (Fsp3) is 0.111. The Balaban J connectivity index is 2.48. The Hall–Kier alpha value is -3.48. The molecule has 0 heteroatoms. The van der Waals surface area contributed by atoms with Gasteiger partial charge in [0.2, 0.25) is 0 Å². The minimum absolute atomic E-state index is 0.888.